The first-order valence-corrected chi connectivity index (χ1v) is 8.64. The number of fused-ring (bicyclic) bond motifs is 1. The molecule has 25 heavy (non-hydrogen) atoms. The van der Waals surface area contributed by atoms with Gasteiger partial charge in [0.1, 0.15) is 0 Å². The van der Waals surface area contributed by atoms with Crippen molar-refractivity contribution in [3.8, 4) is 0 Å². The van der Waals surface area contributed by atoms with Gasteiger partial charge in [-0.05, 0) is 44.0 Å². The third kappa shape index (κ3) is 1.88. The number of carbonyl (C=O) groups excluding carboxylic acids is 1. The fraction of sp³-hybridized carbons (Fsp3) is 0.333. The van der Waals surface area contributed by atoms with Crippen LogP contribution in [0.3, 0.4) is 0 Å². The number of benzene rings is 2. The predicted octanol–water partition coefficient (Wildman–Crippen LogP) is 4.17. The van der Waals surface area contributed by atoms with Crippen LogP contribution in [0.5, 0.6) is 0 Å². The van der Waals surface area contributed by atoms with Crippen molar-refractivity contribution in [3.63, 3.8) is 0 Å². The first-order chi connectivity index (χ1) is 11.8. The Morgan fingerprint density at radius 2 is 1.72 bits per heavy atom. The van der Waals surface area contributed by atoms with Crippen molar-refractivity contribution >= 4 is 23.0 Å². The van der Waals surface area contributed by atoms with Crippen LogP contribution >= 0.6 is 0 Å². The Morgan fingerprint density at radius 3 is 2.40 bits per heavy atom. The first-order valence-electron chi connectivity index (χ1n) is 8.64. The molecule has 0 bridgehead atoms. The van der Waals surface area contributed by atoms with Gasteiger partial charge < -0.3 is 5.32 Å². The van der Waals surface area contributed by atoms with Crippen LogP contribution in [0.2, 0.25) is 0 Å². The van der Waals surface area contributed by atoms with Crippen LogP contribution in [0, 0.1) is 13.8 Å². The molecule has 4 nitrogen and oxygen atoms in total. The average molecular weight is 333 g/mol. The van der Waals surface area contributed by atoms with Crippen LogP contribution in [-0.4, -0.2) is 17.2 Å². The van der Waals surface area contributed by atoms with Gasteiger partial charge in [-0.15, -0.1) is 0 Å². The zero-order valence-corrected chi connectivity index (χ0v) is 15.3. The lowest BCUT2D eigenvalue weighted by Gasteiger charge is -2.37. The van der Waals surface area contributed by atoms with Gasteiger partial charge in [-0.3, -0.25) is 4.79 Å². The molecule has 1 spiro atoms. The standard InChI is InChI=1S/C21H23N3O/c1-13-11-14(2)18-17(12-13)20(4,5)21(22-18)15(3)23-24(19(21)25)16-9-7-6-8-10-16/h6-12,22H,1-5H3. The number of hydrogen-bond donors (Lipinski definition) is 1. The second kappa shape index (κ2) is 4.94. The van der Waals surface area contributed by atoms with E-state index in [1.54, 1.807) is 0 Å². The Morgan fingerprint density at radius 1 is 1.04 bits per heavy atom. The van der Waals surface area contributed by atoms with Gasteiger partial charge in [-0.2, -0.15) is 10.1 Å². The molecular weight excluding hydrogens is 310 g/mol. The van der Waals surface area contributed by atoms with Gasteiger partial charge in [0.2, 0.25) is 0 Å². The Hall–Kier alpha value is -2.62. The van der Waals surface area contributed by atoms with Gasteiger partial charge in [0.15, 0.2) is 5.54 Å². The topological polar surface area (TPSA) is 44.7 Å². The lowest BCUT2D eigenvalue weighted by atomic mass is 9.68. The molecule has 2 aliphatic heterocycles. The quantitative estimate of drug-likeness (QED) is 0.851. The molecule has 128 valence electrons. The number of anilines is 2. The molecular formula is C21H23N3O. The number of hydrogen-bond acceptors (Lipinski definition) is 3. The summed E-state index contributed by atoms with van der Waals surface area (Å²) in [7, 11) is 0. The van der Waals surface area contributed by atoms with E-state index in [1.807, 2.05) is 37.3 Å². The van der Waals surface area contributed by atoms with E-state index >= 15 is 0 Å². The van der Waals surface area contributed by atoms with Crippen molar-refractivity contribution < 1.29 is 4.79 Å². The van der Waals surface area contributed by atoms with Gasteiger partial charge in [-0.25, -0.2) is 0 Å². The van der Waals surface area contributed by atoms with E-state index in [4.69, 9.17) is 0 Å². The highest BCUT2D eigenvalue weighted by molar-refractivity contribution is 6.26. The molecule has 2 aromatic carbocycles. The average Bonchev–Trinajstić information content (AvgIpc) is 2.96. The summed E-state index contributed by atoms with van der Waals surface area (Å²) in [5, 5.41) is 9.76. The Labute approximate surface area is 148 Å². The zero-order valence-electron chi connectivity index (χ0n) is 15.3. The number of rotatable bonds is 1. The minimum atomic E-state index is -0.844. The minimum Gasteiger partial charge on any atom is -0.365 e. The second-order valence-electron chi connectivity index (χ2n) is 7.64. The maximum Gasteiger partial charge on any atom is 0.279 e. The third-order valence-corrected chi connectivity index (χ3v) is 5.71. The summed E-state index contributed by atoms with van der Waals surface area (Å²) in [6.07, 6.45) is 0. The van der Waals surface area contributed by atoms with Gasteiger partial charge in [-0.1, -0.05) is 49.7 Å². The molecule has 0 radical (unpaired) electrons. The highest BCUT2D eigenvalue weighted by Crippen LogP contribution is 2.52. The van der Waals surface area contributed by atoms with E-state index in [-0.39, 0.29) is 5.91 Å². The molecule has 0 aromatic heterocycles. The SMILES string of the molecule is CC1=NN(c2ccccc2)C(=O)C12Nc1c(C)cc(C)cc1C2(C)C. The van der Waals surface area contributed by atoms with Crippen LogP contribution in [0.25, 0.3) is 0 Å². The maximum absolute atomic E-state index is 13.6. The molecule has 2 aromatic rings. The van der Waals surface area contributed by atoms with E-state index in [0.29, 0.717) is 0 Å². The van der Waals surface area contributed by atoms with Crippen LogP contribution in [0.1, 0.15) is 37.5 Å². The lowest BCUT2D eigenvalue weighted by Crippen LogP contribution is -2.60. The number of nitrogens with one attached hydrogen (secondary N) is 1. The third-order valence-electron chi connectivity index (χ3n) is 5.71. The molecule has 1 N–H and O–H groups in total. The minimum absolute atomic E-state index is 0.0190. The smallest absolute Gasteiger partial charge is 0.279 e. The highest BCUT2D eigenvalue weighted by Gasteiger charge is 2.63. The Bertz CT molecular complexity index is 914. The van der Waals surface area contributed by atoms with Crippen molar-refractivity contribution in [2.45, 2.75) is 45.6 Å². The van der Waals surface area contributed by atoms with Gasteiger partial charge >= 0.3 is 0 Å². The monoisotopic (exact) mass is 333 g/mol. The largest absolute Gasteiger partial charge is 0.365 e. The Kier molecular flexibility index (Phi) is 3.14. The molecule has 4 heteroatoms. The summed E-state index contributed by atoms with van der Waals surface area (Å²) in [4.78, 5) is 13.6. The van der Waals surface area contributed by atoms with Crippen molar-refractivity contribution in [2.24, 2.45) is 5.10 Å². The van der Waals surface area contributed by atoms with Crippen molar-refractivity contribution in [1.29, 1.82) is 0 Å². The number of aryl methyl sites for hydroxylation is 2. The number of carbonyl (C=O) groups is 1. The molecule has 0 aliphatic carbocycles. The predicted molar refractivity (Wildman–Crippen MR) is 102 cm³/mol. The molecule has 2 heterocycles. The fourth-order valence-corrected chi connectivity index (χ4v) is 4.36. The first kappa shape index (κ1) is 15.9. The molecule has 0 fully saturated rings. The summed E-state index contributed by atoms with van der Waals surface area (Å²) in [5.74, 6) is -0.0190. The molecule has 0 saturated heterocycles. The van der Waals surface area contributed by atoms with Gasteiger partial charge in [0.25, 0.3) is 5.91 Å². The van der Waals surface area contributed by atoms with E-state index in [2.05, 4.69) is 50.2 Å². The number of nitrogens with zero attached hydrogens (tertiary/aromatic N) is 2. The van der Waals surface area contributed by atoms with E-state index < -0.39 is 11.0 Å². The lowest BCUT2D eigenvalue weighted by molar-refractivity contribution is -0.121. The summed E-state index contributed by atoms with van der Waals surface area (Å²) in [6.45, 7) is 10.4. The summed E-state index contributed by atoms with van der Waals surface area (Å²) < 4.78 is 0. The van der Waals surface area contributed by atoms with E-state index in [1.165, 1.54) is 21.7 Å². The van der Waals surface area contributed by atoms with Gasteiger partial charge in [0, 0.05) is 11.1 Å². The summed E-state index contributed by atoms with van der Waals surface area (Å²) in [5.41, 5.74) is 4.99. The molecule has 4 rings (SSSR count). The second-order valence-corrected chi connectivity index (χ2v) is 7.64. The highest BCUT2D eigenvalue weighted by atomic mass is 16.2. The van der Waals surface area contributed by atoms with E-state index in [9.17, 15) is 4.79 Å². The molecule has 1 atom stereocenters. The summed E-state index contributed by atoms with van der Waals surface area (Å²) in [6, 6.07) is 14.0. The number of para-hydroxylation sites is 1. The molecule has 1 unspecified atom stereocenters. The van der Waals surface area contributed by atoms with Crippen LogP contribution in [0.15, 0.2) is 47.6 Å². The van der Waals surface area contributed by atoms with Crippen LogP contribution in [-0.2, 0) is 10.2 Å². The van der Waals surface area contributed by atoms with Crippen LogP contribution < -0.4 is 10.3 Å². The van der Waals surface area contributed by atoms with Gasteiger partial charge in [0.05, 0.1) is 11.4 Å². The van der Waals surface area contributed by atoms with E-state index in [0.717, 1.165) is 17.1 Å². The number of hydrazone groups is 1. The van der Waals surface area contributed by atoms with Crippen LogP contribution in [0.4, 0.5) is 11.4 Å². The maximum atomic E-state index is 13.6. The normalized spacial score (nSPS) is 23.6. The summed E-state index contributed by atoms with van der Waals surface area (Å²) >= 11 is 0. The van der Waals surface area contributed by atoms with Crippen molar-refractivity contribution in [3.05, 3.63) is 59.2 Å². The van der Waals surface area contributed by atoms with Crippen molar-refractivity contribution in [2.75, 3.05) is 10.3 Å². The molecule has 1 amide bonds. The fourth-order valence-electron chi connectivity index (χ4n) is 4.36. The zero-order chi connectivity index (χ0) is 18.0. The number of amides is 1. The Balaban J connectivity index is 1.88. The van der Waals surface area contributed by atoms with Crippen molar-refractivity contribution in [1.82, 2.24) is 0 Å². The molecule has 2 aliphatic rings. The molecule has 0 saturated carbocycles.